The summed E-state index contributed by atoms with van der Waals surface area (Å²) in [5.41, 5.74) is -0.727. The SMILES string of the molecule is COCNc1cnc(-n2nccn2)c(C(F)(F)F)c1. The zero-order chi connectivity index (χ0) is 13.9. The van der Waals surface area contributed by atoms with Gasteiger partial charge in [0.2, 0.25) is 0 Å². The second kappa shape index (κ2) is 5.22. The molecule has 0 bridgehead atoms. The molecular weight excluding hydrogens is 263 g/mol. The molecule has 102 valence electrons. The Morgan fingerprint density at radius 1 is 1.32 bits per heavy atom. The maximum Gasteiger partial charge on any atom is 0.420 e. The number of rotatable bonds is 4. The average Bonchev–Trinajstić information content (AvgIpc) is 2.88. The first-order valence-corrected chi connectivity index (χ1v) is 5.19. The fourth-order valence-corrected chi connectivity index (χ4v) is 1.40. The zero-order valence-electron chi connectivity index (χ0n) is 9.85. The van der Waals surface area contributed by atoms with Crippen LogP contribution in [0.25, 0.3) is 5.82 Å². The molecule has 0 amide bonds. The molecule has 0 aliphatic carbocycles. The van der Waals surface area contributed by atoms with Crippen LogP contribution in [0.3, 0.4) is 0 Å². The van der Waals surface area contributed by atoms with E-state index < -0.39 is 11.7 Å². The van der Waals surface area contributed by atoms with Gasteiger partial charge in [-0.3, -0.25) is 0 Å². The maximum absolute atomic E-state index is 13.0. The Bertz CT molecular complexity index is 541. The topological polar surface area (TPSA) is 64.9 Å². The molecule has 0 spiro atoms. The maximum atomic E-state index is 13.0. The number of nitrogens with zero attached hydrogens (tertiary/aromatic N) is 4. The summed E-state index contributed by atoms with van der Waals surface area (Å²) in [5.74, 6) is -0.375. The molecule has 0 fully saturated rings. The molecule has 9 heteroatoms. The summed E-state index contributed by atoms with van der Waals surface area (Å²) in [5, 5.41) is 9.95. The van der Waals surface area contributed by atoms with Crippen LogP contribution in [0.15, 0.2) is 24.7 Å². The van der Waals surface area contributed by atoms with E-state index in [1.807, 2.05) is 0 Å². The Morgan fingerprint density at radius 2 is 2.00 bits per heavy atom. The minimum atomic E-state index is -4.55. The molecule has 0 atom stereocenters. The number of ether oxygens (including phenoxy) is 1. The molecule has 2 aromatic rings. The van der Waals surface area contributed by atoms with E-state index in [-0.39, 0.29) is 18.2 Å². The van der Waals surface area contributed by atoms with Crippen LogP contribution in [0, 0.1) is 0 Å². The third-order valence-electron chi connectivity index (χ3n) is 2.20. The number of anilines is 1. The number of hydrogen-bond donors (Lipinski definition) is 1. The normalized spacial score (nSPS) is 11.6. The van der Waals surface area contributed by atoms with E-state index in [0.717, 1.165) is 10.9 Å². The molecule has 2 aromatic heterocycles. The van der Waals surface area contributed by atoms with E-state index in [4.69, 9.17) is 4.74 Å². The van der Waals surface area contributed by atoms with Crippen molar-refractivity contribution >= 4 is 5.69 Å². The Labute approximate surface area is 106 Å². The van der Waals surface area contributed by atoms with Gasteiger partial charge in [-0.1, -0.05) is 0 Å². The van der Waals surface area contributed by atoms with Crippen LogP contribution in [0.1, 0.15) is 5.56 Å². The monoisotopic (exact) mass is 273 g/mol. The van der Waals surface area contributed by atoms with Gasteiger partial charge in [0.1, 0.15) is 12.3 Å². The van der Waals surface area contributed by atoms with Crippen molar-refractivity contribution in [2.45, 2.75) is 6.18 Å². The highest BCUT2D eigenvalue weighted by molar-refractivity contribution is 5.49. The van der Waals surface area contributed by atoms with Gasteiger partial charge in [-0.15, -0.1) is 4.80 Å². The minimum absolute atomic E-state index is 0.0817. The molecule has 0 unspecified atom stereocenters. The van der Waals surface area contributed by atoms with Gasteiger partial charge in [0, 0.05) is 7.11 Å². The number of aromatic nitrogens is 4. The van der Waals surface area contributed by atoms with Gasteiger partial charge >= 0.3 is 6.18 Å². The predicted octanol–water partition coefficient (Wildman–Crippen LogP) is 1.70. The van der Waals surface area contributed by atoms with Crippen LogP contribution >= 0.6 is 0 Å². The highest BCUT2D eigenvalue weighted by Crippen LogP contribution is 2.33. The molecule has 0 aromatic carbocycles. The van der Waals surface area contributed by atoms with Gasteiger partial charge in [-0.05, 0) is 6.07 Å². The van der Waals surface area contributed by atoms with E-state index in [1.54, 1.807) is 0 Å². The summed E-state index contributed by atoms with van der Waals surface area (Å²) in [7, 11) is 1.42. The summed E-state index contributed by atoms with van der Waals surface area (Å²) in [6, 6.07) is 0.935. The molecule has 2 heterocycles. The van der Waals surface area contributed by atoms with Crippen molar-refractivity contribution in [3.05, 3.63) is 30.2 Å². The first kappa shape index (κ1) is 13.3. The van der Waals surface area contributed by atoms with Gasteiger partial charge in [0.05, 0.1) is 24.3 Å². The van der Waals surface area contributed by atoms with Gasteiger partial charge < -0.3 is 10.1 Å². The Kier molecular flexibility index (Phi) is 3.65. The summed E-state index contributed by atoms with van der Waals surface area (Å²) >= 11 is 0. The molecule has 6 nitrogen and oxygen atoms in total. The summed E-state index contributed by atoms with van der Waals surface area (Å²) in [6.45, 7) is 0.0817. The number of methoxy groups -OCH3 is 1. The Morgan fingerprint density at radius 3 is 2.58 bits per heavy atom. The van der Waals surface area contributed by atoms with Gasteiger partial charge in [0.25, 0.3) is 0 Å². The van der Waals surface area contributed by atoms with Crippen LogP contribution in [0.5, 0.6) is 0 Å². The third-order valence-corrected chi connectivity index (χ3v) is 2.20. The smallest absolute Gasteiger partial charge is 0.365 e. The number of nitrogens with one attached hydrogen (secondary N) is 1. The van der Waals surface area contributed by atoms with Gasteiger partial charge in [-0.2, -0.15) is 23.4 Å². The third kappa shape index (κ3) is 2.99. The van der Waals surface area contributed by atoms with E-state index >= 15 is 0 Å². The van der Waals surface area contributed by atoms with Crippen molar-refractivity contribution in [3.8, 4) is 5.82 Å². The highest BCUT2D eigenvalue weighted by atomic mass is 19.4. The molecular formula is C10H10F3N5O. The first-order valence-electron chi connectivity index (χ1n) is 5.19. The van der Waals surface area contributed by atoms with Crippen molar-refractivity contribution in [2.24, 2.45) is 0 Å². The van der Waals surface area contributed by atoms with Gasteiger partial charge in [-0.25, -0.2) is 4.98 Å². The molecule has 0 saturated heterocycles. The van der Waals surface area contributed by atoms with Crippen LogP contribution in [-0.4, -0.2) is 33.8 Å². The van der Waals surface area contributed by atoms with E-state index in [1.165, 1.54) is 25.7 Å². The first-order chi connectivity index (χ1) is 9.02. The van der Waals surface area contributed by atoms with E-state index in [0.29, 0.717) is 0 Å². The second-order valence-corrected chi connectivity index (χ2v) is 3.52. The van der Waals surface area contributed by atoms with E-state index in [2.05, 4.69) is 20.5 Å². The van der Waals surface area contributed by atoms with Crippen molar-refractivity contribution in [3.63, 3.8) is 0 Å². The van der Waals surface area contributed by atoms with Crippen molar-refractivity contribution in [1.82, 2.24) is 20.0 Å². The zero-order valence-corrected chi connectivity index (χ0v) is 9.85. The van der Waals surface area contributed by atoms with E-state index in [9.17, 15) is 13.2 Å². The molecule has 19 heavy (non-hydrogen) atoms. The van der Waals surface area contributed by atoms with Crippen LogP contribution in [0.4, 0.5) is 18.9 Å². The number of pyridine rings is 1. The molecule has 0 saturated carbocycles. The Balaban J connectivity index is 2.44. The van der Waals surface area contributed by atoms with Crippen molar-refractivity contribution in [2.75, 3.05) is 19.2 Å². The second-order valence-electron chi connectivity index (χ2n) is 3.52. The molecule has 0 radical (unpaired) electrons. The van der Waals surface area contributed by atoms with Crippen LogP contribution in [0.2, 0.25) is 0 Å². The molecule has 0 aliphatic rings. The molecule has 1 N–H and O–H groups in total. The number of hydrogen-bond acceptors (Lipinski definition) is 5. The highest BCUT2D eigenvalue weighted by Gasteiger charge is 2.35. The lowest BCUT2D eigenvalue weighted by Crippen LogP contribution is -2.15. The van der Waals surface area contributed by atoms with Gasteiger partial charge in [0.15, 0.2) is 5.82 Å². The minimum Gasteiger partial charge on any atom is -0.365 e. The lowest BCUT2D eigenvalue weighted by atomic mass is 10.2. The molecule has 2 rings (SSSR count). The largest absolute Gasteiger partial charge is 0.420 e. The average molecular weight is 273 g/mol. The van der Waals surface area contributed by atoms with Crippen molar-refractivity contribution < 1.29 is 17.9 Å². The standard InChI is InChI=1S/C10H10F3N5O/c1-19-6-15-7-4-8(10(11,12)13)9(14-5-7)18-16-2-3-17-18/h2-5,15H,6H2,1H3. The van der Waals surface area contributed by atoms with Crippen LogP contribution < -0.4 is 5.32 Å². The number of halogens is 3. The van der Waals surface area contributed by atoms with Crippen LogP contribution in [-0.2, 0) is 10.9 Å². The predicted molar refractivity (Wildman–Crippen MR) is 59.7 cm³/mol. The summed E-state index contributed by atoms with van der Waals surface area (Å²) in [6.07, 6.45) is -0.745. The lowest BCUT2D eigenvalue weighted by molar-refractivity contribution is -0.137. The lowest BCUT2D eigenvalue weighted by Gasteiger charge is -2.13. The Hall–Kier alpha value is -2.16. The molecule has 0 aliphatic heterocycles. The summed E-state index contributed by atoms with van der Waals surface area (Å²) < 4.78 is 43.6. The fraction of sp³-hybridized carbons (Fsp3) is 0.300. The van der Waals surface area contributed by atoms with Crippen molar-refractivity contribution in [1.29, 1.82) is 0 Å². The fourth-order valence-electron chi connectivity index (χ4n) is 1.40. The summed E-state index contributed by atoms with van der Waals surface area (Å²) in [4.78, 5) is 4.56. The quantitative estimate of drug-likeness (QED) is 0.859. The number of alkyl halides is 3.